The molecule has 122 valence electrons. The van der Waals surface area contributed by atoms with E-state index in [-0.39, 0.29) is 16.9 Å². The third kappa shape index (κ3) is 3.61. The summed E-state index contributed by atoms with van der Waals surface area (Å²) in [6, 6.07) is 8.53. The molecule has 0 bridgehead atoms. The van der Waals surface area contributed by atoms with Gasteiger partial charge in [0.05, 0.1) is 12.7 Å². The lowest BCUT2D eigenvalue weighted by Crippen LogP contribution is -2.32. The Morgan fingerprint density at radius 3 is 2.39 bits per heavy atom. The third-order valence-corrected chi connectivity index (χ3v) is 3.93. The summed E-state index contributed by atoms with van der Waals surface area (Å²) in [5, 5.41) is 0.468. The van der Waals surface area contributed by atoms with Crippen LogP contribution in [0.3, 0.4) is 0 Å². The number of hydrogen-bond acceptors (Lipinski definition) is 3. The molecule has 3 nitrogen and oxygen atoms in total. The van der Waals surface area contributed by atoms with Crippen molar-refractivity contribution in [3.63, 3.8) is 0 Å². The Balaban J connectivity index is 2.50. The van der Waals surface area contributed by atoms with Gasteiger partial charge < -0.3 is 9.64 Å². The Bertz CT molecular complexity index is 759. The molecule has 2 rings (SSSR count). The number of nitrogens with zero attached hydrogens (tertiary/aromatic N) is 1. The smallest absolute Gasteiger partial charge is 0.417 e. The number of rotatable bonds is 3. The minimum Gasteiger partial charge on any atom is -0.468 e. The molecule has 0 saturated heterocycles. The Labute approximate surface area is 136 Å². The van der Waals surface area contributed by atoms with Gasteiger partial charge in [-0.1, -0.05) is 42.5 Å². The van der Waals surface area contributed by atoms with E-state index in [9.17, 15) is 18.0 Å². The van der Waals surface area contributed by atoms with Gasteiger partial charge in [-0.3, -0.25) is 4.79 Å². The van der Waals surface area contributed by atoms with E-state index in [0.717, 1.165) is 6.07 Å². The van der Waals surface area contributed by atoms with E-state index in [1.165, 1.54) is 30.2 Å². The second-order valence-corrected chi connectivity index (χ2v) is 5.33. The van der Waals surface area contributed by atoms with Crippen molar-refractivity contribution >= 4 is 33.9 Å². The summed E-state index contributed by atoms with van der Waals surface area (Å²) in [5.41, 5.74) is -0.245. The maximum absolute atomic E-state index is 13.1. The highest BCUT2D eigenvalue weighted by Crippen LogP contribution is 2.35. The van der Waals surface area contributed by atoms with Gasteiger partial charge in [0.2, 0.25) is 0 Å². The fourth-order valence-corrected chi connectivity index (χ4v) is 2.52. The highest BCUT2D eigenvalue weighted by atomic mass is 32.1. The van der Waals surface area contributed by atoms with E-state index in [4.69, 9.17) is 12.2 Å². The van der Waals surface area contributed by atoms with Gasteiger partial charge in [-0.05, 0) is 16.8 Å². The van der Waals surface area contributed by atoms with Crippen molar-refractivity contribution in [3.05, 3.63) is 47.5 Å². The van der Waals surface area contributed by atoms with E-state index in [0.29, 0.717) is 10.9 Å². The number of esters is 1. The monoisotopic (exact) mass is 341 g/mol. The molecule has 2 aromatic rings. The Kier molecular flexibility index (Phi) is 4.89. The lowest BCUT2D eigenvalue weighted by Gasteiger charge is -2.20. The van der Waals surface area contributed by atoms with Gasteiger partial charge in [-0.2, -0.15) is 13.2 Å². The molecule has 0 heterocycles. The first-order valence-electron chi connectivity index (χ1n) is 6.67. The van der Waals surface area contributed by atoms with Gasteiger partial charge in [0.15, 0.2) is 0 Å². The summed E-state index contributed by atoms with van der Waals surface area (Å²) < 4.78 is 43.9. The molecule has 0 aliphatic carbocycles. The number of thiocarbonyl (C=S) groups is 1. The van der Waals surface area contributed by atoms with Crippen molar-refractivity contribution in [2.45, 2.75) is 6.18 Å². The second-order valence-electron chi connectivity index (χ2n) is 4.94. The lowest BCUT2D eigenvalue weighted by atomic mass is 9.99. The van der Waals surface area contributed by atoms with Crippen LogP contribution in [0.5, 0.6) is 0 Å². The number of methoxy groups -OCH3 is 1. The molecule has 0 spiro atoms. The first-order chi connectivity index (χ1) is 10.8. The zero-order valence-corrected chi connectivity index (χ0v) is 13.3. The number of benzene rings is 2. The fourth-order valence-electron chi connectivity index (χ4n) is 2.28. The van der Waals surface area contributed by atoms with E-state index in [1.54, 1.807) is 19.2 Å². The van der Waals surface area contributed by atoms with Crippen LogP contribution in [0.2, 0.25) is 0 Å². The van der Waals surface area contributed by atoms with Gasteiger partial charge >= 0.3 is 12.1 Å². The molecule has 0 N–H and O–H groups in total. The minimum atomic E-state index is -4.45. The lowest BCUT2D eigenvalue weighted by molar-refractivity contribution is -0.140. The summed E-state index contributed by atoms with van der Waals surface area (Å²) in [5.74, 6) is -0.480. The topological polar surface area (TPSA) is 29.5 Å². The molecule has 23 heavy (non-hydrogen) atoms. The van der Waals surface area contributed by atoms with Crippen LogP contribution >= 0.6 is 12.2 Å². The normalized spacial score (nSPS) is 11.3. The van der Waals surface area contributed by atoms with Crippen molar-refractivity contribution in [1.29, 1.82) is 0 Å². The van der Waals surface area contributed by atoms with Crippen molar-refractivity contribution in [1.82, 2.24) is 4.90 Å². The molecule has 0 aliphatic heterocycles. The number of halogens is 3. The number of carbonyl (C=O) groups is 1. The molecular weight excluding hydrogens is 327 g/mol. The fraction of sp³-hybridized carbons (Fsp3) is 0.250. The van der Waals surface area contributed by atoms with Gasteiger partial charge in [0, 0.05) is 12.6 Å². The maximum atomic E-state index is 13.1. The number of likely N-dealkylation sites (N-methyl/N-ethyl adjacent to an activating group) is 1. The molecule has 0 amide bonds. The number of alkyl halides is 3. The average molecular weight is 341 g/mol. The van der Waals surface area contributed by atoms with Gasteiger partial charge in [-0.25, -0.2) is 0 Å². The summed E-state index contributed by atoms with van der Waals surface area (Å²) >= 11 is 5.31. The van der Waals surface area contributed by atoms with Crippen LogP contribution in [0.15, 0.2) is 36.4 Å². The largest absolute Gasteiger partial charge is 0.468 e. The Morgan fingerprint density at radius 1 is 1.17 bits per heavy atom. The SMILES string of the molecule is COC(=O)CN(C)C(=S)c1cccc2c(C(F)(F)F)cccc12. The molecule has 0 fully saturated rings. The average Bonchev–Trinajstić information content (AvgIpc) is 2.51. The third-order valence-electron chi connectivity index (χ3n) is 3.40. The zero-order chi connectivity index (χ0) is 17.2. The van der Waals surface area contributed by atoms with E-state index >= 15 is 0 Å². The second kappa shape index (κ2) is 6.54. The molecule has 0 aliphatic rings. The van der Waals surface area contributed by atoms with Crippen LogP contribution in [-0.4, -0.2) is 36.6 Å². The van der Waals surface area contributed by atoms with Crippen LogP contribution in [0.1, 0.15) is 11.1 Å². The molecule has 0 atom stereocenters. The van der Waals surface area contributed by atoms with Crippen molar-refractivity contribution < 1.29 is 22.7 Å². The highest BCUT2D eigenvalue weighted by molar-refractivity contribution is 7.80. The van der Waals surface area contributed by atoms with E-state index in [2.05, 4.69) is 4.74 Å². The van der Waals surface area contributed by atoms with Crippen molar-refractivity contribution in [2.24, 2.45) is 0 Å². The maximum Gasteiger partial charge on any atom is 0.417 e. The summed E-state index contributed by atoms with van der Waals surface area (Å²) in [6.45, 7) is -0.0787. The van der Waals surface area contributed by atoms with Crippen LogP contribution in [-0.2, 0) is 15.7 Å². The van der Waals surface area contributed by atoms with Crippen molar-refractivity contribution in [3.8, 4) is 0 Å². The molecule has 2 aromatic carbocycles. The van der Waals surface area contributed by atoms with Crippen LogP contribution in [0, 0.1) is 0 Å². The van der Waals surface area contributed by atoms with Crippen molar-refractivity contribution in [2.75, 3.05) is 20.7 Å². The van der Waals surface area contributed by atoms with Gasteiger partial charge in [0.25, 0.3) is 0 Å². The predicted octanol–water partition coefficient (Wildman–Crippen LogP) is 3.64. The number of ether oxygens (including phenoxy) is 1. The molecule has 0 aromatic heterocycles. The van der Waals surface area contributed by atoms with Crippen LogP contribution in [0.25, 0.3) is 10.8 Å². The van der Waals surface area contributed by atoms with E-state index < -0.39 is 17.7 Å². The summed E-state index contributed by atoms with van der Waals surface area (Å²) in [6.07, 6.45) is -4.45. The molecule has 7 heteroatoms. The van der Waals surface area contributed by atoms with Crippen LogP contribution in [0.4, 0.5) is 13.2 Å². The first kappa shape index (κ1) is 17.2. The quantitative estimate of drug-likeness (QED) is 0.630. The summed E-state index contributed by atoms with van der Waals surface area (Å²) in [7, 11) is 2.85. The zero-order valence-electron chi connectivity index (χ0n) is 12.5. The molecule has 0 unspecified atom stereocenters. The minimum absolute atomic E-state index is 0.0753. The van der Waals surface area contributed by atoms with Crippen LogP contribution < -0.4 is 0 Å². The Morgan fingerprint density at radius 2 is 1.78 bits per heavy atom. The Hall–Kier alpha value is -2.15. The predicted molar refractivity (Wildman–Crippen MR) is 85.3 cm³/mol. The number of hydrogen-bond donors (Lipinski definition) is 0. The first-order valence-corrected chi connectivity index (χ1v) is 7.07. The number of carbonyl (C=O) groups excluding carboxylic acids is 1. The van der Waals surface area contributed by atoms with E-state index in [1.807, 2.05) is 0 Å². The van der Waals surface area contributed by atoms with Gasteiger partial charge in [-0.15, -0.1) is 0 Å². The highest BCUT2D eigenvalue weighted by Gasteiger charge is 2.32. The number of fused-ring (bicyclic) bond motifs is 1. The summed E-state index contributed by atoms with van der Waals surface area (Å²) in [4.78, 5) is 13.1. The molecule has 0 saturated carbocycles. The standard InChI is InChI=1S/C16H14F3NO2S/c1-20(9-14(21)22-2)15(23)12-7-3-6-11-10(12)5-4-8-13(11)16(17,18)19/h3-8H,9H2,1-2H3. The molecule has 0 radical (unpaired) electrons. The molecular formula is C16H14F3NO2S. The van der Waals surface area contributed by atoms with Gasteiger partial charge in [0.1, 0.15) is 11.5 Å².